The molecule has 0 aromatic heterocycles. The molecule has 114 valence electrons. The monoisotopic (exact) mass is 306 g/mol. The molecule has 0 amide bonds. The highest BCUT2D eigenvalue weighted by atomic mass is 16.5. The summed E-state index contributed by atoms with van der Waals surface area (Å²) in [6.07, 6.45) is 3.30. The van der Waals surface area contributed by atoms with Crippen molar-refractivity contribution in [2.75, 3.05) is 0 Å². The first-order chi connectivity index (χ1) is 11.1. The van der Waals surface area contributed by atoms with Gasteiger partial charge in [0, 0.05) is 5.56 Å². The molecule has 1 unspecified atom stereocenters. The van der Waals surface area contributed by atoms with Crippen LogP contribution in [0, 0.1) is 0 Å². The highest BCUT2D eigenvalue weighted by molar-refractivity contribution is 5.93. The minimum absolute atomic E-state index is 0.156. The van der Waals surface area contributed by atoms with Crippen molar-refractivity contribution in [3.63, 3.8) is 0 Å². The second-order valence-corrected chi connectivity index (χ2v) is 5.50. The van der Waals surface area contributed by atoms with Gasteiger partial charge in [-0.05, 0) is 41.3 Å². The Hall–Kier alpha value is -3.14. The van der Waals surface area contributed by atoms with Crippen molar-refractivity contribution >= 4 is 16.8 Å². The summed E-state index contributed by atoms with van der Waals surface area (Å²) in [6.45, 7) is 0. The van der Waals surface area contributed by atoms with Gasteiger partial charge in [-0.2, -0.15) is 0 Å². The lowest BCUT2D eigenvalue weighted by molar-refractivity contribution is 0.260. The van der Waals surface area contributed by atoms with E-state index < -0.39 is 0 Å². The zero-order chi connectivity index (χ0) is 16.0. The fourth-order valence-corrected chi connectivity index (χ4v) is 2.92. The van der Waals surface area contributed by atoms with E-state index in [-0.39, 0.29) is 23.4 Å². The predicted octanol–water partition coefficient (Wildman–Crippen LogP) is 4.10. The van der Waals surface area contributed by atoms with Crippen molar-refractivity contribution in [2.45, 2.75) is 6.10 Å². The molecule has 3 N–H and O–H groups in total. The Balaban J connectivity index is 1.77. The number of ether oxygens (including phenoxy) is 1. The molecule has 1 atom stereocenters. The second-order valence-electron chi connectivity index (χ2n) is 5.50. The van der Waals surface area contributed by atoms with E-state index in [1.54, 1.807) is 18.2 Å². The van der Waals surface area contributed by atoms with Gasteiger partial charge in [-0.25, -0.2) is 0 Å². The van der Waals surface area contributed by atoms with Gasteiger partial charge in [-0.15, -0.1) is 0 Å². The van der Waals surface area contributed by atoms with E-state index in [0.29, 0.717) is 11.1 Å². The van der Waals surface area contributed by atoms with Gasteiger partial charge in [-0.3, -0.25) is 0 Å². The molecule has 0 aliphatic heterocycles. The Morgan fingerprint density at radius 1 is 0.826 bits per heavy atom. The van der Waals surface area contributed by atoms with E-state index in [0.717, 1.165) is 16.5 Å². The van der Waals surface area contributed by atoms with Crippen LogP contribution < -0.4 is 4.74 Å². The van der Waals surface area contributed by atoms with Gasteiger partial charge in [0.1, 0.15) is 17.6 Å². The standard InChI is InChI=1S/C19H14O4/c20-14-5-1-3-11-4-2-6-18(19(11)14)23-17-8-7-12-9-15(21)16(22)10-13(12)17/h1-10,17,20-22H. The van der Waals surface area contributed by atoms with E-state index >= 15 is 0 Å². The minimum atomic E-state index is -0.387. The summed E-state index contributed by atoms with van der Waals surface area (Å²) in [5.74, 6) is 0.392. The Morgan fingerprint density at radius 2 is 1.57 bits per heavy atom. The first kappa shape index (κ1) is 13.5. The maximum Gasteiger partial charge on any atom is 0.158 e. The van der Waals surface area contributed by atoms with Crippen LogP contribution in [-0.4, -0.2) is 15.3 Å². The molecule has 0 bridgehead atoms. The minimum Gasteiger partial charge on any atom is -0.507 e. The fourth-order valence-electron chi connectivity index (χ4n) is 2.92. The van der Waals surface area contributed by atoms with E-state index in [9.17, 15) is 15.3 Å². The number of phenolic OH excluding ortho intramolecular Hbond substituents is 3. The van der Waals surface area contributed by atoms with Gasteiger partial charge < -0.3 is 20.1 Å². The van der Waals surface area contributed by atoms with E-state index in [1.165, 1.54) is 12.1 Å². The molecular weight excluding hydrogens is 292 g/mol. The fraction of sp³-hybridized carbons (Fsp3) is 0.0526. The number of phenols is 3. The highest BCUT2D eigenvalue weighted by Crippen LogP contribution is 2.41. The van der Waals surface area contributed by atoms with E-state index in [1.807, 2.05) is 30.4 Å². The third kappa shape index (κ3) is 2.16. The normalized spacial score (nSPS) is 15.7. The van der Waals surface area contributed by atoms with Crippen LogP contribution in [0.15, 0.2) is 54.6 Å². The average molecular weight is 306 g/mol. The maximum absolute atomic E-state index is 10.1. The Bertz CT molecular complexity index is 938. The summed E-state index contributed by atoms with van der Waals surface area (Å²) >= 11 is 0. The van der Waals surface area contributed by atoms with Crippen LogP contribution in [0.25, 0.3) is 16.8 Å². The maximum atomic E-state index is 10.1. The van der Waals surface area contributed by atoms with Gasteiger partial charge in [0.2, 0.25) is 0 Å². The van der Waals surface area contributed by atoms with Gasteiger partial charge in [0.15, 0.2) is 11.5 Å². The first-order valence-electron chi connectivity index (χ1n) is 7.25. The molecule has 0 heterocycles. The lowest BCUT2D eigenvalue weighted by Crippen LogP contribution is -2.03. The quantitative estimate of drug-likeness (QED) is 0.623. The molecule has 3 aromatic rings. The van der Waals surface area contributed by atoms with Crippen molar-refractivity contribution < 1.29 is 20.1 Å². The number of aromatic hydroxyl groups is 3. The summed E-state index contributed by atoms with van der Waals surface area (Å²) in [4.78, 5) is 0. The van der Waals surface area contributed by atoms with Crippen LogP contribution in [0.1, 0.15) is 17.2 Å². The lowest BCUT2D eigenvalue weighted by Gasteiger charge is -2.17. The molecule has 4 rings (SSSR count). The van der Waals surface area contributed by atoms with E-state index in [4.69, 9.17) is 4.74 Å². The van der Waals surface area contributed by atoms with Crippen LogP contribution in [0.5, 0.6) is 23.0 Å². The van der Waals surface area contributed by atoms with Crippen LogP contribution in [0.3, 0.4) is 0 Å². The summed E-state index contributed by atoms with van der Waals surface area (Å²) in [6, 6.07) is 13.9. The summed E-state index contributed by atoms with van der Waals surface area (Å²) < 4.78 is 6.05. The van der Waals surface area contributed by atoms with Crippen LogP contribution in [0.4, 0.5) is 0 Å². The SMILES string of the molecule is Oc1cc2c(cc1O)C(Oc1cccc3cccc(O)c13)C=C2. The zero-order valence-electron chi connectivity index (χ0n) is 12.1. The van der Waals surface area contributed by atoms with Crippen LogP contribution in [-0.2, 0) is 0 Å². The predicted molar refractivity (Wildman–Crippen MR) is 87.8 cm³/mol. The van der Waals surface area contributed by atoms with Gasteiger partial charge in [-0.1, -0.05) is 30.3 Å². The number of fused-ring (bicyclic) bond motifs is 2. The van der Waals surface area contributed by atoms with Crippen molar-refractivity contribution in [1.29, 1.82) is 0 Å². The summed E-state index contributed by atoms with van der Waals surface area (Å²) in [5, 5.41) is 31.0. The average Bonchev–Trinajstić information content (AvgIpc) is 2.90. The molecule has 4 heteroatoms. The van der Waals surface area contributed by atoms with Crippen molar-refractivity contribution in [3.8, 4) is 23.0 Å². The van der Waals surface area contributed by atoms with Gasteiger partial charge in [0.05, 0.1) is 5.39 Å². The Kier molecular flexibility index (Phi) is 2.91. The van der Waals surface area contributed by atoms with Crippen LogP contribution in [0.2, 0.25) is 0 Å². The molecule has 4 nitrogen and oxygen atoms in total. The number of hydrogen-bond acceptors (Lipinski definition) is 4. The highest BCUT2D eigenvalue weighted by Gasteiger charge is 2.22. The van der Waals surface area contributed by atoms with Gasteiger partial charge in [0.25, 0.3) is 0 Å². The molecule has 0 saturated heterocycles. The van der Waals surface area contributed by atoms with Crippen LogP contribution >= 0.6 is 0 Å². The summed E-state index contributed by atoms with van der Waals surface area (Å²) in [7, 11) is 0. The van der Waals surface area contributed by atoms with Crippen molar-refractivity contribution in [2.24, 2.45) is 0 Å². The Labute approximate surface area is 132 Å². The lowest BCUT2D eigenvalue weighted by atomic mass is 10.1. The molecule has 0 saturated carbocycles. The van der Waals surface area contributed by atoms with E-state index in [2.05, 4.69) is 0 Å². The van der Waals surface area contributed by atoms with Crippen molar-refractivity contribution in [1.82, 2.24) is 0 Å². The number of benzene rings is 3. The largest absolute Gasteiger partial charge is 0.507 e. The molecule has 0 radical (unpaired) electrons. The first-order valence-corrected chi connectivity index (χ1v) is 7.25. The van der Waals surface area contributed by atoms with Gasteiger partial charge >= 0.3 is 0 Å². The second kappa shape index (κ2) is 4.95. The number of rotatable bonds is 2. The third-order valence-corrected chi connectivity index (χ3v) is 4.04. The smallest absolute Gasteiger partial charge is 0.158 e. The molecule has 1 aliphatic rings. The zero-order valence-corrected chi connectivity index (χ0v) is 12.1. The molecule has 1 aliphatic carbocycles. The Morgan fingerprint density at radius 3 is 2.39 bits per heavy atom. The summed E-state index contributed by atoms with van der Waals surface area (Å²) in [5.41, 5.74) is 1.57. The molecule has 23 heavy (non-hydrogen) atoms. The molecule has 0 fully saturated rings. The molecular formula is C19H14O4. The molecule has 3 aromatic carbocycles. The topological polar surface area (TPSA) is 69.9 Å². The molecule has 0 spiro atoms. The van der Waals surface area contributed by atoms with Crippen molar-refractivity contribution in [3.05, 3.63) is 65.7 Å². The number of hydrogen-bond donors (Lipinski definition) is 3. The third-order valence-electron chi connectivity index (χ3n) is 4.04.